The Morgan fingerprint density at radius 3 is 2.25 bits per heavy atom. The van der Waals surface area contributed by atoms with Gasteiger partial charge in [0.1, 0.15) is 18.8 Å². The molecule has 17 nitrogen and oxygen atoms in total. The number of aromatic nitrogens is 4. The molecule has 2 aromatic heterocycles. The molecule has 7 rings (SSSR count). The number of carbonyl (C=O) groups excluding carboxylic acids is 2. The van der Waals surface area contributed by atoms with E-state index in [1.807, 2.05) is 41.3 Å². The van der Waals surface area contributed by atoms with Crippen LogP contribution in [0.25, 0.3) is 11.2 Å². The van der Waals surface area contributed by atoms with Gasteiger partial charge in [-0.05, 0) is 48.2 Å². The van der Waals surface area contributed by atoms with Crippen molar-refractivity contribution in [2.24, 2.45) is 5.14 Å². The number of nitrogens with zero attached hydrogens (tertiary/aromatic N) is 6. The van der Waals surface area contributed by atoms with E-state index in [0.717, 1.165) is 15.5 Å². The Balaban J connectivity index is 1.16. The van der Waals surface area contributed by atoms with Crippen molar-refractivity contribution in [1.29, 1.82) is 0 Å². The fourth-order valence-electron chi connectivity index (χ4n) is 7.29. The Bertz CT molecular complexity index is 2250. The third-order valence-electron chi connectivity index (χ3n) is 10.2. The normalized spacial score (nSPS) is 21.0. The molecule has 19 heteroatoms. The van der Waals surface area contributed by atoms with Crippen LogP contribution in [-0.2, 0) is 14.8 Å². The van der Waals surface area contributed by atoms with Gasteiger partial charge < -0.3 is 40.7 Å². The van der Waals surface area contributed by atoms with E-state index >= 15 is 0 Å². The highest BCUT2D eigenvalue weighted by atomic mass is 35.5. The van der Waals surface area contributed by atoms with E-state index in [4.69, 9.17) is 26.9 Å². The van der Waals surface area contributed by atoms with Crippen molar-refractivity contribution < 1.29 is 33.3 Å². The Labute approximate surface area is 327 Å². The summed E-state index contributed by atoms with van der Waals surface area (Å²) < 4.78 is 25.6. The van der Waals surface area contributed by atoms with E-state index in [0.29, 0.717) is 54.7 Å². The number of hydrogen-bond donors (Lipinski definition) is 7. The molecular weight excluding hydrogens is 764 g/mol. The van der Waals surface area contributed by atoms with Crippen LogP contribution in [0.5, 0.6) is 0 Å². The van der Waals surface area contributed by atoms with E-state index in [1.165, 1.54) is 30.6 Å². The molecule has 1 aliphatic heterocycles. The number of aliphatic hydroxyl groups is 3. The number of sulfonamides is 1. The number of benzene rings is 3. The van der Waals surface area contributed by atoms with Crippen LogP contribution in [-0.4, -0.2) is 110 Å². The average Bonchev–Trinajstić information content (AvgIpc) is 3.92. The maximum atomic E-state index is 12.9. The molecule has 0 spiro atoms. The van der Waals surface area contributed by atoms with Crippen LogP contribution in [0.1, 0.15) is 35.9 Å². The molecular formula is C37H41ClN10O7S. The second kappa shape index (κ2) is 16.4. The van der Waals surface area contributed by atoms with Crippen LogP contribution in [0, 0.1) is 0 Å². The third kappa shape index (κ3) is 8.25. The average molecular weight is 805 g/mol. The molecule has 3 aromatic carbocycles. The predicted octanol–water partition coefficient (Wildman–Crippen LogP) is 2.13. The monoisotopic (exact) mass is 804 g/mol. The van der Waals surface area contributed by atoms with Gasteiger partial charge in [-0.1, -0.05) is 60.7 Å². The molecule has 2 fully saturated rings. The molecule has 3 amide bonds. The summed E-state index contributed by atoms with van der Waals surface area (Å²) >= 11 is 6.19. The first-order valence-electron chi connectivity index (χ1n) is 17.9. The van der Waals surface area contributed by atoms with Crippen molar-refractivity contribution in [3.63, 3.8) is 0 Å². The highest BCUT2D eigenvalue weighted by molar-refractivity contribution is 7.89. The van der Waals surface area contributed by atoms with Crippen LogP contribution < -0.4 is 26.0 Å². The number of fused-ring (bicyclic) bond motifs is 1. The van der Waals surface area contributed by atoms with Crippen LogP contribution in [0.4, 0.5) is 22.2 Å². The second-order valence-corrected chi connectivity index (χ2v) is 15.7. The smallest absolute Gasteiger partial charge is 0.319 e. The van der Waals surface area contributed by atoms with Gasteiger partial charge in [0.15, 0.2) is 17.0 Å². The van der Waals surface area contributed by atoms with Crippen molar-refractivity contribution >= 4 is 62.4 Å². The molecule has 1 saturated carbocycles. The van der Waals surface area contributed by atoms with Gasteiger partial charge in [0.2, 0.25) is 16.0 Å². The van der Waals surface area contributed by atoms with Crippen LogP contribution >= 0.6 is 11.8 Å². The minimum absolute atomic E-state index is 0.0464. The molecule has 56 heavy (non-hydrogen) atoms. The predicted molar refractivity (Wildman–Crippen MR) is 208 cm³/mol. The number of nitrogens with two attached hydrogens (primary N) is 1. The highest BCUT2D eigenvalue weighted by Crippen LogP contribution is 2.38. The minimum Gasteiger partial charge on any atom is -0.388 e. The number of carbonyl (C=O) groups is 2. The first-order valence-corrected chi connectivity index (χ1v) is 19.8. The number of amides is 3. The number of rotatable bonds is 12. The van der Waals surface area contributed by atoms with Crippen molar-refractivity contribution in [3.8, 4) is 0 Å². The first kappa shape index (κ1) is 38.9. The van der Waals surface area contributed by atoms with Gasteiger partial charge in [0.05, 0.1) is 23.3 Å². The van der Waals surface area contributed by atoms with Crippen molar-refractivity contribution in [2.75, 3.05) is 41.8 Å². The van der Waals surface area contributed by atoms with Crippen molar-refractivity contribution in [3.05, 3.63) is 102 Å². The zero-order valence-electron chi connectivity index (χ0n) is 29.9. The lowest BCUT2D eigenvalue weighted by molar-refractivity contribution is -0.132. The highest BCUT2D eigenvalue weighted by Gasteiger charge is 2.47. The number of anilines is 3. The fraction of sp³-hybridized carbons (Fsp3) is 0.324. The van der Waals surface area contributed by atoms with Gasteiger partial charge in [-0.15, -0.1) is 0 Å². The van der Waals surface area contributed by atoms with Gasteiger partial charge in [0, 0.05) is 49.1 Å². The third-order valence-corrected chi connectivity index (χ3v) is 11.5. The Kier molecular flexibility index (Phi) is 11.4. The van der Waals surface area contributed by atoms with Crippen LogP contribution in [0.3, 0.4) is 0 Å². The molecule has 2 aliphatic rings. The Morgan fingerprint density at radius 2 is 1.62 bits per heavy atom. The van der Waals surface area contributed by atoms with Crippen LogP contribution in [0.15, 0.2) is 96.2 Å². The van der Waals surface area contributed by atoms with Gasteiger partial charge in [0.25, 0.3) is 5.91 Å². The second-order valence-electron chi connectivity index (χ2n) is 13.8. The van der Waals surface area contributed by atoms with Crippen molar-refractivity contribution in [2.45, 2.75) is 54.0 Å². The first-order chi connectivity index (χ1) is 26.9. The molecule has 294 valence electrons. The van der Waals surface area contributed by atoms with Crippen LogP contribution in [0.2, 0.25) is 0 Å². The van der Waals surface area contributed by atoms with E-state index in [2.05, 4.69) is 45.2 Å². The largest absolute Gasteiger partial charge is 0.388 e. The standard InChI is InChI=1S/C37H41ClN10O7S/c38-48(30(50)20-49)29-17-28(32(51)33(29)52)47-21-41-31-34(40-18-27(22-7-3-1-4-8-22)23-9-5-2-6-10-23)44-36(45-35(31)47)46-16-15-25(19-46)43-37(53)42-24-11-13-26(14-12-24)56(39,54)55/h1-14,21,25,27-29,32-33,49,51-52H,15-20H2,(H2,39,54,55)(H,40,44,45)(H2,42,43,53)/t25-,28-,29+,32+,33-/m1/s1. The van der Waals surface area contributed by atoms with Gasteiger partial charge in [-0.2, -0.15) is 9.97 Å². The fourth-order valence-corrected chi connectivity index (χ4v) is 8.05. The molecule has 0 radical (unpaired) electrons. The molecule has 0 bridgehead atoms. The lowest BCUT2D eigenvalue weighted by atomic mass is 9.91. The zero-order valence-corrected chi connectivity index (χ0v) is 31.5. The molecule has 5 aromatic rings. The number of primary sulfonamides is 1. The molecule has 8 N–H and O–H groups in total. The summed E-state index contributed by atoms with van der Waals surface area (Å²) in [5.41, 5.74) is 3.33. The summed E-state index contributed by atoms with van der Waals surface area (Å²) in [7, 11) is -3.88. The number of halogens is 1. The maximum absolute atomic E-state index is 12.9. The molecule has 1 saturated heterocycles. The van der Waals surface area contributed by atoms with Crippen molar-refractivity contribution in [1.82, 2.24) is 29.3 Å². The zero-order chi connectivity index (χ0) is 39.6. The van der Waals surface area contributed by atoms with E-state index in [9.17, 15) is 33.3 Å². The molecule has 0 unspecified atom stereocenters. The number of nitrogens with one attached hydrogen (secondary N) is 3. The van der Waals surface area contributed by atoms with E-state index in [-0.39, 0.29) is 23.3 Å². The van der Waals surface area contributed by atoms with E-state index in [1.54, 1.807) is 4.57 Å². The summed E-state index contributed by atoms with van der Waals surface area (Å²) in [6, 6.07) is 23.1. The summed E-state index contributed by atoms with van der Waals surface area (Å²) in [5, 5.41) is 45.8. The Hall–Kier alpha value is -5.37. The molecule has 5 atom stereocenters. The number of aliphatic hydroxyl groups excluding tert-OH is 3. The van der Waals surface area contributed by atoms with E-state index < -0.39 is 52.9 Å². The van der Waals surface area contributed by atoms with Gasteiger partial charge >= 0.3 is 6.03 Å². The lowest BCUT2D eigenvalue weighted by Gasteiger charge is -2.23. The summed E-state index contributed by atoms with van der Waals surface area (Å²) in [4.78, 5) is 41.4. The molecule has 1 aliphatic carbocycles. The van der Waals surface area contributed by atoms with Gasteiger partial charge in [-0.25, -0.2) is 27.8 Å². The number of hydrogen-bond acceptors (Lipinski definition) is 12. The SMILES string of the molecule is NS(=O)(=O)c1ccc(NC(=O)N[C@@H]2CCN(c3nc(NCC(c4ccccc4)c4ccccc4)c4ncn([C@@H]5C[C@H](N(Cl)C(=O)CO)[C@@H](O)[C@H]5O)c4n3)C2)cc1. The maximum Gasteiger partial charge on any atom is 0.319 e. The lowest BCUT2D eigenvalue weighted by Crippen LogP contribution is -2.42. The van der Waals surface area contributed by atoms with Gasteiger partial charge in [-0.3, -0.25) is 4.79 Å². The molecule has 3 heterocycles. The summed E-state index contributed by atoms with van der Waals surface area (Å²) in [5.74, 6) is -0.113. The quantitative estimate of drug-likeness (QED) is 0.0898. The number of urea groups is 1. The summed E-state index contributed by atoms with van der Waals surface area (Å²) in [6.07, 6.45) is -0.653. The summed E-state index contributed by atoms with van der Waals surface area (Å²) in [6.45, 7) is 0.417. The Morgan fingerprint density at radius 1 is 0.964 bits per heavy atom. The topological polar surface area (TPSA) is 241 Å². The number of imidazole rings is 1. The minimum atomic E-state index is -3.88.